The van der Waals surface area contributed by atoms with Crippen molar-refractivity contribution in [2.75, 3.05) is 29.5 Å². The fourth-order valence-electron chi connectivity index (χ4n) is 2.20. The van der Waals surface area contributed by atoms with Crippen LogP contribution in [0.25, 0.3) is 0 Å². The molecule has 1 N–H and O–H groups in total. The van der Waals surface area contributed by atoms with E-state index in [4.69, 9.17) is 0 Å². The number of thioether (sulfide) groups is 1. The quantitative estimate of drug-likeness (QED) is 0.881. The maximum Gasteiger partial charge on any atom is 0.0366 e. The molecule has 1 heterocycles. The summed E-state index contributed by atoms with van der Waals surface area (Å²) in [6, 6.07) is 9.90. The summed E-state index contributed by atoms with van der Waals surface area (Å²) in [4.78, 5) is 2.49. The van der Waals surface area contributed by atoms with Gasteiger partial charge in [-0.1, -0.05) is 12.1 Å². The van der Waals surface area contributed by atoms with E-state index >= 15 is 0 Å². The van der Waals surface area contributed by atoms with E-state index in [2.05, 4.69) is 46.2 Å². The summed E-state index contributed by atoms with van der Waals surface area (Å²) >= 11 is 2.06. The minimum absolute atomic E-state index is 0.800. The maximum absolute atomic E-state index is 3.55. The highest BCUT2D eigenvalue weighted by molar-refractivity contribution is 7.99. The fourth-order valence-corrected chi connectivity index (χ4v) is 3.10. The molecule has 2 nitrogen and oxygen atoms in total. The van der Waals surface area contributed by atoms with Crippen LogP contribution in [0.3, 0.4) is 0 Å². The van der Waals surface area contributed by atoms with Crippen LogP contribution in [0.2, 0.25) is 0 Å². The van der Waals surface area contributed by atoms with Crippen LogP contribution < -0.4 is 10.2 Å². The summed E-state index contributed by atoms with van der Waals surface area (Å²) in [5.74, 6) is 2.54. The Morgan fingerprint density at radius 1 is 1.12 bits per heavy atom. The van der Waals surface area contributed by atoms with E-state index in [-0.39, 0.29) is 0 Å². The first-order valence-electron chi connectivity index (χ1n) is 6.57. The number of hydrogen-bond acceptors (Lipinski definition) is 3. The molecule has 1 saturated carbocycles. The van der Waals surface area contributed by atoms with Gasteiger partial charge in [-0.3, -0.25) is 0 Å². The van der Waals surface area contributed by atoms with E-state index in [0.29, 0.717) is 0 Å². The molecule has 0 aromatic heterocycles. The Kier molecular flexibility index (Phi) is 3.57. The first-order chi connectivity index (χ1) is 8.42. The van der Waals surface area contributed by atoms with Crippen molar-refractivity contribution >= 4 is 17.4 Å². The van der Waals surface area contributed by atoms with Gasteiger partial charge in [0.15, 0.2) is 0 Å². The molecule has 0 amide bonds. The van der Waals surface area contributed by atoms with Gasteiger partial charge in [-0.15, -0.1) is 0 Å². The van der Waals surface area contributed by atoms with Crippen LogP contribution in [-0.4, -0.2) is 30.6 Å². The lowest BCUT2D eigenvalue weighted by atomic mass is 10.2. The molecule has 1 aliphatic heterocycles. The number of anilines is 1. The molecule has 0 atom stereocenters. The molecule has 0 spiro atoms. The standard InChI is InChI=1S/C14H20N2S/c1-5-14(16-7-9-17-10-8-16)6-2-12(1)11-15-13-3-4-13/h1-2,5-6,13,15H,3-4,7-11H2. The largest absolute Gasteiger partial charge is 0.370 e. The van der Waals surface area contributed by atoms with Crippen LogP contribution in [0.5, 0.6) is 0 Å². The van der Waals surface area contributed by atoms with E-state index < -0.39 is 0 Å². The van der Waals surface area contributed by atoms with Crippen molar-refractivity contribution < 1.29 is 0 Å². The number of benzene rings is 1. The van der Waals surface area contributed by atoms with Gasteiger partial charge in [0.1, 0.15) is 0 Å². The molecule has 0 unspecified atom stereocenters. The van der Waals surface area contributed by atoms with Crippen LogP contribution in [0.15, 0.2) is 24.3 Å². The number of nitrogens with zero attached hydrogens (tertiary/aromatic N) is 1. The average Bonchev–Trinajstić information content (AvgIpc) is 3.22. The Labute approximate surface area is 108 Å². The monoisotopic (exact) mass is 248 g/mol. The second-order valence-electron chi connectivity index (χ2n) is 4.92. The van der Waals surface area contributed by atoms with E-state index in [1.807, 2.05) is 0 Å². The van der Waals surface area contributed by atoms with Gasteiger partial charge in [0.25, 0.3) is 0 Å². The van der Waals surface area contributed by atoms with E-state index in [0.717, 1.165) is 12.6 Å². The van der Waals surface area contributed by atoms with Gasteiger partial charge in [-0.05, 0) is 30.5 Å². The van der Waals surface area contributed by atoms with Crippen molar-refractivity contribution in [2.24, 2.45) is 0 Å². The zero-order valence-electron chi connectivity index (χ0n) is 10.2. The number of rotatable bonds is 4. The SMILES string of the molecule is c1cc(N2CCSCC2)ccc1CNC1CC1. The normalized spacial score (nSPS) is 20.6. The molecule has 92 valence electrons. The molecular weight excluding hydrogens is 228 g/mol. The van der Waals surface area contributed by atoms with Crippen LogP contribution >= 0.6 is 11.8 Å². The lowest BCUT2D eigenvalue weighted by molar-refractivity contribution is 0.687. The molecule has 1 aromatic carbocycles. The highest BCUT2D eigenvalue weighted by Crippen LogP contribution is 2.21. The van der Waals surface area contributed by atoms with Gasteiger partial charge in [-0.2, -0.15) is 11.8 Å². The minimum Gasteiger partial charge on any atom is -0.370 e. The van der Waals surface area contributed by atoms with E-state index in [9.17, 15) is 0 Å². The maximum atomic E-state index is 3.55. The summed E-state index contributed by atoms with van der Waals surface area (Å²) in [7, 11) is 0. The van der Waals surface area contributed by atoms with Gasteiger partial charge < -0.3 is 10.2 Å². The lowest BCUT2D eigenvalue weighted by Crippen LogP contribution is -2.32. The Hall–Kier alpha value is -0.670. The minimum atomic E-state index is 0.800. The Morgan fingerprint density at radius 2 is 1.82 bits per heavy atom. The van der Waals surface area contributed by atoms with E-state index in [1.165, 1.54) is 48.7 Å². The molecule has 3 rings (SSSR count). The van der Waals surface area contributed by atoms with Gasteiger partial charge in [0.05, 0.1) is 0 Å². The third-order valence-corrected chi connectivity index (χ3v) is 4.43. The summed E-state index contributed by atoms with van der Waals surface area (Å²) in [6.07, 6.45) is 2.73. The first-order valence-corrected chi connectivity index (χ1v) is 7.72. The molecule has 17 heavy (non-hydrogen) atoms. The predicted molar refractivity (Wildman–Crippen MR) is 75.8 cm³/mol. The Bertz CT molecular complexity index is 353. The van der Waals surface area contributed by atoms with Crippen LogP contribution in [0.1, 0.15) is 18.4 Å². The lowest BCUT2D eigenvalue weighted by Gasteiger charge is -2.28. The second-order valence-corrected chi connectivity index (χ2v) is 6.15. The van der Waals surface area contributed by atoms with Crippen molar-refractivity contribution in [1.82, 2.24) is 5.32 Å². The predicted octanol–water partition coefficient (Wildman–Crippen LogP) is 2.49. The average molecular weight is 248 g/mol. The first kappa shape index (κ1) is 11.4. The van der Waals surface area contributed by atoms with Gasteiger partial charge in [0, 0.05) is 42.9 Å². The second kappa shape index (κ2) is 5.32. The molecule has 0 radical (unpaired) electrons. The molecule has 2 fully saturated rings. The van der Waals surface area contributed by atoms with Gasteiger partial charge in [0.2, 0.25) is 0 Å². The van der Waals surface area contributed by atoms with Crippen molar-refractivity contribution in [3.05, 3.63) is 29.8 Å². The van der Waals surface area contributed by atoms with Crippen LogP contribution in [0.4, 0.5) is 5.69 Å². The molecule has 1 saturated heterocycles. The topological polar surface area (TPSA) is 15.3 Å². The Morgan fingerprint density at radius 3 is 2.47 bits per heavy atom. The highest BCUT2D eigenvalue weighted by Gasteiger charge is 2.19. The molecule has 2 aliphatic rings. The van der Waals surface area contributed by atoms with Crippen LogP contribution in [0, 0.1) is 0 Å². The van der Waals surface area contributed by atoms with E-state index in [1.54, 1.807) is 0 Å². The number of nitrogens with one attached hydrogen (secondary N) is 1. The van der Waals surface area contributed by atoms with Crippen LogP contribution in [-0.2, 0) is 6.54 Å². The van der Waals surface area contributed by atoms with Crippen molar-refractivity contribution in [1.29, 1.82) is 0 Å². The smallest absolute Gasteiger partial charge is 0.0366 e. The molecular formula is C14H20N2S. The van der Waals surface area contributed by atoms with Crippen molar-refractivity contribution in [3.8, 4) is 0 Å². The molecule has 1 aliphatic carbocycles. The summed E-state index contributed by atoms with van der Waals surface area (Å²) < 4.78 is 0. The third-order valence-electron chi connectivity index (χ3n) is 3.48. The molecule has 0 bridgehead atoms. The summed E-state index contributed by atoms with van der Waals surface area (Å²) in [6.45, 7) is 3.43. The zero-order valence-corrected chi connectivity index (χ0v) is 11.0. The van der Waals surface area contributed by atoms with Gasteiger partial charge in [-0.25, -0.2) is 0 Å². The summed E-state index contributed by atoms with van der Waals surface area (Å²) in [5.41, 5.74) is 2.80. The van der Waals surface area contributed by atoms with Crippen molar-refractivity contribution in [2.45, 2.75) is 25.4 Å². The highest BCUT2D eigenvalue weighted by atomic mass is 32.2. The summed E-state index contributed by atoms with van der Waals surface area (Å²) in [5, 5.41) is 3.55. The molecule has 3 heteroatoms. The van der Waals surface area contributed by atoms with Gasteiger partial charge >= 0.3 is 0 Å². The molecule has 1 aromatic rings. The third kappa shape index (κ3) is 3.17. The number of hydrogen-bond donors (Lipinski definition) is 1. The zero-order chi connectivity index (χ0) is 11.5. The van der Waals surface area contributed by atoms with Crippen molar-refractivity contribution in [3.63, 3.8) is 0 Å². The fraction of sp³-hybridized carbons (Fsp3) is 0.571. The Balaban J connectivity index is 1.58.